The van der Waals surface area contributed by atoms with E-state index in [4.69, 9.17) is 10.5 Å². The second-order valence-electron chi connectivity index (χ2n) is 5.49. The number of aliphatic imine (C=N–C) groups is 1. The molecule has 0 fully saturated rings. The molecule has 0 atom stereocenters. The highest BCUT2D eigenvalue weighted by Crippen LogP contribution is 2.18. The monoisotopic (exact) mass is 291 g/mol. The third kappa shape index (κ3) is 7.71. The maximum atomic E-state index is 5.89. The lowest BCUT2D eigenvalue weighted by Gasteiger charge is -2.10. The summed E-state index contributed by atoms with van der Waals surface area (Å²) in [6.07, 6.45) is 3.20. The predicted octanol–water partition coefficient (Wildman–Crippen LogP) is 3.74. The molecule has 4 heteroatoms. The van der Waals surface area contributed by atoms with Crippen molar-refractivity contribution in [2.45, 2.75) is 46.0 Å². The van der Waals surface area contributed by atoms with Crippen molar-refractivity contribution in [2.24, 2.45) is 10.7 Å². The molecule has 0 saturated heterocycles. The Balaban J connectivity index is 2.30. The van der Waals surface area contributed by atoms with Crippen molar-refractivity contribution in [3.8, 4) is 0 Å². The summed E-state index contributed by atoms with van der Waals surface area (Å²) in [5.74, 6) is 0.967. The highest BCUT2D eigenvalue weighted by atomic mass is 16.5. The van der Waals surface area contributed by atoms with Gasteiger partial charge in [0.2, 0.25) is 0 Å². The number of benzene rings is 1. The molecule has 0 radical (unpaired) electrons. The van der Waals surface area contributed by atoms with Gasteiger partial charge in [0.1, 0.15) is 0 Å². The van der Waals surface area contributed by atoms with Crippen molar-refractivity contribution in [1.82, 2.24) is 0 Å². The molecule has 1 aromatic carbocycles. The summed E-state index contributed by atoms with van der Waals surface area (Å²) in [4.78, 5) is 4.32. The highest BCUT2D eigenvalue weighted by molar-refractivity contribution is 5.92. The van der Waals surface area contributed by atoms with Crippen LogP contribution < -0.4 is 11.1 Å². The molecule has 0 aliphatic carbocycles. The minimum atomic E-state index is 0.462. The Labute approximate surface area is 128 Å². The Hall–Kier alpha value is -1.55. The van der Waals surface area contributed by atoms with Gasteiger partial charge in [0.25, 0.3) is 0 Å². The molecule has 21 heavy (non-hydrogen) atoms. The van der Waals surface area contributed by atoms with Crippen LogP contribution in [0.4, 0.5) is 5.69 Å². The molecule has 0 spiro atoms. The molecule has 118 valence electrons. The van der Waals surface area contributed by atoms with Crippen LogP contribution in [0.1, 0.15) is 51.5 Å². The molecule has 1 rings (SSSR count). The lowest BCUT2D eigenvalue weighted by Crippen LogP contribution is -2.23. The SMILES string of the molecule is CCCCOCCCN=C(N)Nc1cccc(C(C)C)c1. The van der Waals surface area contributed by atoms with E-state index in [2.05, 4.69) is 43.2 Å². The van der Waals surface area contributed by atoms with E-state index in [1.54, 1.807) is 0 Å². The highest BCUT2D eigenvalue weighted by Gasteiger charge is 2.01. The van der Waals surface area contributed by atoms with E-state index in [0.717, 1.165) is 31.7 Å². The number of hydrogen-bond acceptors (Lipinski definition) is 2. The predicted molar refractivity (Wildman–Crippen MR) is 91.0 cm³/mol. The van der Waals surface area contributed by atoms with Gasteiger partial charge in [-0.2, -0.15) is 0 Å². The van der Waals surface area contributed by atoms with Gasteiger partial charge in [-0.25, -0.2) is 0 Å². The summed E-state index contributed by atoms with van der Waals surface area (Å²) in [5, 5.41) is 3.14. The normalized spacial score (nSPS) is 11.9. The van der Waals surface area contributed by atoms with Crippen molar-refractivity contribution in [3.05, 3.63) is 29.8 Å². The van der Waals surface area contributed by atoms with Gasteiger partial charge in [-0.3, -0.25) is 4.99 Å². The van der Waals surface area contributed by atoms with Crippen LogP contribution in [0.3, 0.4) is 0 Å². The van der Waals surface area contributed by atoms with Gasteiger partial charge in [-0.1, -0.05) is 39.3 Å². The van der Waals surface area contributed by atoms with Crippen molar-refractivity contribution in [3.63, 3.8) is 0 Å². The summed E-state index contributed by atoms with van der Waals surface area (Å²) in [6.45, 7) is 8.79. The van der Waals surface area contributed by atoms with E-state index in [-0.39, 0.29) is 0 Å². The Bertz CT molecular complexity index is 430. The van der Waals surface area contributed by atoms with Gasteiger partial charge in [0, 0.05) is 25.4 Å². The lowest BCUT2D eigenvalue weighted by molar-refractivity contribution is 0.130. The Morgan fingerprint density at radius 1 is 1.29 bits per heavy atom. The molecule has 0 unspecified atom stereocenters. The number of ether oxygens (including phenoxy) is 1. The molecule has 0 amide bonds. The van der Waals surface area contributed by atoms with Crippen LogP contribution in [0.25, 0.3) is 0 Å². The molecule has 4 nitrogen and oxygen atoms in total. The summed E-state index contributed by atoms with van der Waals surface area (Å²) in [5.41, 5.74) is 8.17. The first-order chi connectivity index (χ1) is 10.1. The molecular weight excluding hydrogens is 262 g/mol. The molecule has 0 saturated carbocycles. The number of guanidine groups is 1. The third-order valence-corrected chi connectivity index (χ3v) is 3.20. The summed E-state index contributed by atoms with van der Waals surface area (Å²) >= 11 is 0. The molecule has 0 heterocycles. The number of rotatable bonds is 9. The number of hydrogen-bond donors (Lipinski definition) is 2. The van der Waals surface area contributed by atoms with Gasteiger partial charge in [-0.05, 0) is 36.5 Å². The minimum absolute atomic E-state index is 0.462. The van der Waals surface area contributed by atoms with Gasteiger partial charge in [0.15, 0.2) is 5.96 Å². The molecule has 0 aliphatic heterocycles. The summed E-state index contributed by atoms with van der Waals surface area (Å²) < 4.78 is 5.49. The molecule has 1 aromatic rings. The quantitative estimate of drug-likeness (QED) is 0.414. The Morgan fingerprint density at radius 3 is 2.76 bits per heavy atom. The Morgan fingerprint density at radius 2 is 2.05 bits per heavy atom. The van der Waals surface area contributed by atoms with Crippen LogP contribution in [0.15, 0.2) is 29.3 Å². The molecular formula is C17H29N3O. The standard InChI is InChI=1S/C17H29N3O/c1-4-5-11-21-12-7-10-19-17(18)20-16-9-6-8-15(13-16)14(2)3/h6,8-9,13-14H,4-5,7,10-12H2,1-3H3,(H3,18,19,20). The van der Waals surface area contributed by atoms with Crippen LogP contribution in [0.2, 0.25) is 0 Å². The maximum Gasteiger partial charge on any atom is 0.193 e. The van der Waals surface area contributed by atoms with E-state index >= 15 is 0 Å². The van der Waals surface area contributed by atoms with Crippen LogP contribution >= 0.6 is 0 Å². The first-order valence-electron chi connectivity index (χ1n) is 7.88. The fraction of sp³-hybridized carbons (Fsp3) is 0.588. The average Bonchev–Trinajstić information content (AvgIpc) is 2.46. The number of unbranched alkanes of at least 4 members (excludes halogenated alkanes) is 1. The molecule has 0 bridgehead atoms. The summed E-state index contributed by atoms with van der Waals surface area (Å²) in [6, 6.07) is 8.27. The van der Waals surface area contributed by atoms with Gasteiger partial charge in [-0.15, -0.1) is 0 Å². The second-order valence-corrected chi connectivity index (χ2v) is 5.49. The first-order valence-corrected chi connectivity index (χ1v) is 7.88. The number of nitrogens with two attached hydrogens (primary N) is 1. The van der Waals surface area contributed by atoms with Crippen molar-refractivity contribution in [2.75, 3.05) is 25.1 Å². The molecule has 0 aromatic heterocycles. The van der Waals surface area contributed by atoms with E-state index in [0.29, 0.717) is 18.4 Å². The first kappa shape index (κ1) is 17.5. The summed E-state index contributed by atoms with van der Waals surface area (Å²) in [7, 11) is 0. The van der Waals surface area contributed by atoms with E-state index < -0.39 is 0 Å². The number of nitrogens with one attached hydrogen (secondary N) is 1. The zero-order valence-corrected chi connectivity index (χ0v) is 13.6. The smallest absolute Gasteiger partial charge is 0.193 e. The zero-order valence-electron chi connectivity index (χ0n) is 13.6. The zero-order chi connectivity index (χ0) is 15.5. The van der Waals surface area contributed by atoms with E-state index in [9.17, 15) is 0 Å². The van der Waals surface area contributed by atoms with E-state index in [1.165, 1.54) is 12.0 Å². The van der Waals surface area contributed by atoms with Crippen molar-refractivity contribution in [1.29, 1.82) is 0 Å². The maximum absolute atomic E-state index is 5.89. The molecule has 0 aliphatic rings. The van der Waals surface area contributed by atoms with Crippen molar-refractivity contribution < 1.29 is 4.74 Å². The number of nitrogens with zero attached hydrogens (tertiary/aromatic N) is 1. The van der Waals surface area contributed by atoms with Crippen LogP contribution in [0, 0.1) is 0 Å². The minimum Gasteiger partial charge on any atom is -0.381 e. The van der Waals surface area contributed by atoms with Crippen LogP contribution in [0.5, 0.6) is 0 Å². The average molecular weight is 291 g/mol. The third-order valence-electron chi connectivity index (χ3n) is 3.20. The second kappa shape index (κ2) is 10.2. The van der Waals surface area contributed by atoms with Crippen LogP contribution in [-0.2, 0) is 4.74 Å². The van der Waals surface area contributed by atoms with Crippen molar-refractivity contribution >= 4 is 11.6 Å². The van der Waals surface area contributed by atoms with Gasteiger partial charge >= 0.3 is 0 Å². The topological polar surface area (TPSA) is 59.6 Å². The van der Waals surface area contributed by atoms with Gasteiger partial charge < -0.3 is 15.8 Å². The van der Waals surface area contributed by atoms with E-state index in [1.807, 2.05) is 12.1 Å². The lowest BCUT2D eigenvalue weighted by atomic mass is 10.0. The fourth-order valence-corrected chi connectivity index (χ4v) is 1.88. The number of anilines is 1. The molecule has 3 N–H and O–H groups in total. The van der Waals surface area contributed by atoms with Gasteiger partial charge in [0.05, 0.1) is 0 Å². The fourth-order valence-electron chi connectivity index (χ4n) is 1.88. The Kier molecular flexibility index (Phi) is 8.51. The largest absolute Gasteiger partial charge is 0.381 e. The van der Waals surface area contributed by atoms with Crippen LogP contribution in [-0.4, -0.2) is 25.7 Å².